The van der Waals surface area contributed by atoms with Gasteiger partial charge in [-0.2, -0.15) is 0 Å². The number of aromatic nitrogens is 2. The van der Waals surface area contributed by atoms with Crippen molar-refractivity contribution >= 4 is 11.7 Å². The average Bonchev–Trinajstić information content (AvgIpc) is 2.03. The van der Waals surface area contributed by atoms with E-state index in [1.54, 1.807) is 0 Å². The van der Waals surface area contributed by atoms with Gasteiger partial charge in [-0.15, -0.1) is 0 Å². The van der Waals surface area contributed by atoms with Crippen molar-refractivity contribution in [3.63, 3.8) is 0 Å². The summed E-state index contributed by atoms with van der Waals surface area (Å²) in [5, 5.41) is 0. The first-order valence-corrected chi connectivity index (χ1v) is 3.47. The molecule has 1 aromatic heterocycles. The van der Waals surface area contributed by atoms with Gasteiger partial charge in [0.05, 0.1) is 11.3 Å². The third-order valence-corrected chi connectivity index (χ3v) is 1.46. The van der Waals surface area contributed by atoms with Gasteiger partial charge >= 0.3 is 0 Å². The van der Waals surface area contributed by atoms with Crippen LogP contribution in [0.2, 0.25) is 0 Å². The molecular weight excluding hydrogens is 156 g/mol. The lowest BCUT2D eigenvalue weighted by Gasteiger charge is -2.02. The summed E-state index contributed by atoms with van der Waals surface area (Å²) in [6.07, 6.45) is 1.40. The highest BCUT2D eigenvalue weighted by atomic mass is 16.1. The van der Waals surface area contributed by atoms with E-state index in [-0.39, 0.29) is 18.3 Å². The molecule has 0 saturated carbocycles. The Bertz CT molecular complexity index is 310. The molecule has 5 heteroatoms. The zero-order valence-electron chi connectivity index (χ0n) is 6.74. The van der Waals surface area contributed by atoms with E-state index in [1.165, 1.54) is 13.1 Å². The number of anilines is 1. The van der Waals surface area contributed by atoms with Gasteiger partial charge < -0.3 is 11.5 Å². The molecule has 1 aromatic rings. The highest BCUT2D eigenvalue weighted by molar-refractivity contribution is 5.94. The lowest BCUT2D eigenvalue weighted by atomic mass is 10.1. The Morgan fingerprint density at radius 2 is 2.33 bits per heavy atom. The Labute approximate surface area is 69.8 Å². The minimum absolute atomic E-state index is 0.101. The fourth-order valence-corrected chi connectivity index (χ4v) is 0.882. The summed E-state index contributed by atoms with van der Waals surface area (Å²) in [6.45, 7) is 1.63. The lowest BCUT2D eigenvalue weighted by Crippen LogP contribution is -2.10. The molecule has 64 valence electrons. The molecule has 0 atom stereocenters. The van der Waals surface area contributed by atoms with Gasteiger partial charge in [0.25, 0.3) is 0 Å². The van der Waals surface area contributed by atoms with Crippen LogP contribution in [-0.4, -0.2) is 15.8 Å². The second-order valence-corrected chi connectivity index (χ2v) is 2.35. The number of nitrogens with zero attached hydrogens (tertiary/aromatic N) is 2. The predicted octanol–water partition coefficient (Wildman–Crippen LogP) is -0.280. The van der Waals surface area contributed by atoms with Crippen LogP contribution >= 0.6 is 0 Å². The Kier molecular flexibility index (Phi) is 2.35. The van der Waals surface area contributed by atoms with Gasteiger partial charge in [-0.25, -0.2) is 9.97 Å². The van der Waals surface area contributed by atoms with Crippen LogP contribution in [0.5, 0.6) is 0 Å². The highest BCUT2D eigenvalue weighted by Gasteiger charge is 2.07. The number of ketones is 1. The molecule has 0 saturated heterocycles. The number of hydrogen-bond donors (Lipinski definition) is 2. The fraction of sp³-hybridized carbons (Fsp3) is 0.286. The van der Waals surface area contributed by atoms with Crippen LogP contribution in [0.25, 0.3) is 0 Å². The average molecular weight is 166 g/mol. The molecule has 0 fully saturated rings. The van der Waals surface area contributed by atoms with E-state index in [2.05, 4.69) is 9.97 Å². The highest BCUT2D eigenvalue weighted by Crippen LogP contribution is 2.05. The van der Waals surface area contributed by atoms with Crippen molar-refractivity contribution in [1.82, 2.24) is 9.97 Å². The van der Waals surface area contributed by atoms with Gasteiger partial charge in [-0.1, -0.05) is 0 Å². The summed E-state index contributed by atoms with van der Waals surface area (Å²) in [6, 6.07) is 0. The summed E-state index contributed by atoms with van der Waals surface area (Å²) in [7, 11) is 0. The molecule has 0 spiro atoms. The number of hydrogen-bond acceptors (Lipinski definition) is 5. The summed E-state index contributed by atoms with van der Waals surface area (Å²) < 4.78 is 0. The van der Waals surface area contributed by atoms with E-state index in [0.717, 1.165) is 0 Å². The maximum atomic E-state index is 11.0. The topological polar surface area (TPSA) is 94.9 Å². The predicted molar refractivity (Wildman–Crippen MR) is 44.3 cm³/mol. The molecule has 0 aliphatic rings. The van der Waals surface area contributed by atoms with Crippen molar-refractivity contribution in [3.8, 4) is 0 Å². The van der Waals surface area contributed by atoms with Crippen LogP contribution in [0, 0.1) is 0 Å². The van der Waals surface area contributed by atoms with Crippen molar-refractivity contribution in [3.05, 3.63) is 17.5 Å². The van der Waals surface area contributed by atoms with Crippen LogP contribution in [0.1, 0.15) is 23.0 Å². The quantitative estimate of drug-likeness (QED) is 0.589. The molecule has 4 N–H and O–H groups in total. The number of Topliss-reactive ketones (excluding diaryl/α,β-unsaturated/α-hetero) is 1. The Hall–Kier alpha value is -1.49. The van der Waals surface area contributed by atoms with Gasteiger partial charge in [0, 0.05) is 12.7 Å². The third kappa shape index (κ3) is 1.57. The summed E-state index contributed by atoms with van der Waals surface area (Å²) in [5.41, 5.74) is 11.6. The fourth-order valence-electron chi connectivity index (χ4n) is 0.882. The van der Waals surface area contributed by atoms with Crippen LogP contribution in [0.15, 0.2) is 6.20 Å². The first kappa shape index (κ1) is 8.61. The minimum atomic E-state index is -0.101. The molecule has 0 aliphatic carbocycles. The Balaban J connectivity index is 3.20. The van der Waals surface area contributed by atoms with Gasteiger partial charge in [-0.3, -0.25) is 4.79 Å². The van der Waals surface area contributed by atoms with Gasteiger partial charge in [0.2, 0.25) is 5.95 Å². The molecular formula is C7H10N4O. The molecule has 1 heterocycles. The van der Waals surface area contributed by atoms with E-state index in [1.807, 2.05) is 0 Å². The number of carbonyl (C=O) groups is 1. The van der Waals surface area contributed by atoms with E-state index in [9.17, 15) is 4.79 Å². The second kappa shape index (κ2) is 3.27. The lowest BCUT2D eigenvalue weighted by molar-refractivity contribution is 0.101. The summed E-state index contributed by atoms with van der Waals surface area (Å²) >= 11 is 0. The standard InChI is InChI=1S/C7H10N4O/c1-4(12)5-3-10-7(9)11-6(5)2-8/h3H,2,8H2,1H3,(H2,9,10,11). The van der Waals surface area contributed by atoms with Crippen molar-refractivity contribution in [1.29, 1.82) is 0 Å². The summed E-state index contributed by atoms with van der Waals surface area (Å²) in [5.74, 6) is 0.0379. The van der Waals surface area contributed by atoms with Crippen molar-refractivity contribution in [2.75, 3.05) is 5.73 Å². The Morgan fingerprint density at radius 1 is 1.67 bits per heavy atom. The van der Waals surface area contributed by atoms with E-state index in [4.69, 9.17) is 11.5 Å². The minimum Gasteiger partial charge on any atom is -0.368 e. The molecule has 0 aromatic carbocycles. The van der Waals surface area contributed by atoms with Crippen molar-refractivity contribution in [2.24, 2.45) is 5.73 Å². The molecule has 0 bridgehead atoms. The van der Waals surface area contributed by atoms with Crippen LogP contribution in [0.3, 0.4) is 0 Å². The smallest absolute Gasteiger partial charge is 0.220 e. The number of nitrogen functional groups attached to an aromatic ring is 1. The molecule has 12 heavy (non-hydrogen) atoms. The molecule has 0 unspecified atom stereocenters. The second-order valence-electron chi connectivity index (χ2n) is 2.35. The zero-order chi connectivity index (χ0) is 9.14. The van der Waals surface area contributed by atoms with Crippen LogP contribution < -0.4 is 11.5 Å². The molecule has 5 nitrogen and oxygen atoms in total. The maximum Gasteiger partial charge on any atom is 0.220 e. The Morgan fingerprint density at radius 3 is 2.83 bits per heavy atom. The van der Waals surface area contributed by atoms with E-state index >= 15 is 0 Å². The zero-order valence-corrected chi connectivity index (χ0v) is 6.74. The maximum absolute atomic E-state index is 11.0. The number of rotatable bonds is 2. The largest absolute Gasteiger partial charge is 0.368 e. The van der Waals surface area contributed by atoms with Gasteiger partial charge in [-0.05, 0) is 6.92 Å². The normalized spacial score (nSPS) is 9.83. The molecule has 0 amide bonds. The van der Waals surface area contributed by atoms with Gasteiger partial charge in [0.15, 0.2) is 5.78 Å². The van der Waals surface area contributed by atoms with Crippen molar-refractivity contribution in [2.45, 2.75) is 13.5 Å². The third-order valence-electron chi connectivity index (χ3n) is 1.46. The van der Waals surface area contributed by atoms with Crippen molar-refractivity contribution < 1.29 is 4.79 Å². The van der Waals surface area contributed by atoms with Crippen LogP contribution in [-0.2, 0) is 6.54 Å². The SMILES string of the molecule is CC(=O)c1cnc(N)nc1CN. The van der Waals surface area contributed by atoms with Crippen LogP contribution in [0.4, 0.5) is 5.95 Å². The molecule has 1 rings (SSSR count). The first-order valence-electron chi connectivity index (χ1n) is 3.47. The number of carbonyl (C=O) groups excluding carboxylic acids is 1. The molecule has 0 radical (unpaired) electrons. The molecule has 0 aliphatic heterocycles. The van der Waals surface area contributed by atoms with E-state index in [0.29, 0.717) is 11.3 Å². The number of nitrogens with two attached hydrogens (primary N) is 2. The monoisotopic (exact) mass is 166 g/mol. The van der Waals surface area contributed by atoms with E-state index < -0.39 is 0 Å². The first-order chi connectivity index (χ1) is 5.65. The van der Waals surface area contributed by atoms with Gasteiger partial charge in [0.1, 0.15) is 0 Å². The summed E-state index contributed by atoms with van der Waals surface area (Å²) in [4.78, 5) is 18.5.